The van der Waals surface area contributed by atoms with E-state index in [-0.39, 0.29) is 6.09 Å². The Labute approximate surface area is 136 Å². The van der Waals surface area contributed by atoms with Crippen molar-refractivity contribution in [3.05, 3.63) is 0 Å². The fourth-order valence-corrected chi connectivity index (χ4v) is 2.74. The number of nitrogens with one attached hydrogen (secondary N) is 2. The minimum atomic E-state index is -0.439. The summed E-state index contributed by atoms with van der Waals surface area (Å²) in [7, 11) is 2.19. The number of nitrogens with zero attached hydrogens (tertiary/aromatic N) is 1. The first-order valence-corrected chi connectivity index (χ1v) is 8.69. The normalized spacial score (nSPS) is 19.0. The van der Waals surface area contributed by atoms with E-state index >= 15 is 0 Å². The average molecular weight is 313 g/mol. The summed E-state index contributed by atoms with van der Waals surface area (Å²) in [5, 5.41) is 6.52. The Morgan fingerprint density at radius 1 is 1.32 bits per heavy atom. The van der Waals surface area contributed by atoms with Gasteiger partial charge in [-0.2, -0.15) is 0 Å². The zero-order valence-electron chi connectivity index (χ0n) is 15.1. The van der Waals surface area contributed by atoms with Crippen LogP contribution in [0.1, 0.15) is 53.4 Å². The molecule has 0 saturated carbocycles. The summed E-state index contributed by atoms with van der Waals surface area (Å²) in [4.78, 5) is 14.1. The fraction of sp³-hybridized carbons (Fsp3) is 0.941. The molecule has 5 nitrogen and oxygen atoms in total. The first-order chi connectivity index (χ1) is 10.3. The van der Waals surface area contributed by atoms with Crippen LogP contribution < -0.4 is 10.6 Å². The van der Waals surface area contributed by atoms with Gasteiger partial charge in [-0.3, -0.25) is 0 Å². The van der Waals surface area contributed by atoms with Crippen molar-refractivity contribution in [2.45, 2.75) is 65.0 Å². The van der Waals surface area contributed by atoms with Gasteiger partial charge in [-0.05, 0) is 72.6 Å². The quantitative estimate of drug-likeness (QED) is 0.758. The van der Waals surface area contributed by atoms with Gasteiger partial charge in [-0.1, -0.05) is 13.3 Å². The fourth-order valence-electron chi connectivity index (χ4n) is 2.74. The van der Waals surface area contributed by atoms with Crippen LogP contribution in [0.25, 0.3) is 0 Å². The van der Waals surface area contributed by atoms with Crippen molar-refractivity contribution in [1.82, 2.24) is 15.5 Å². The van der Waals surface area contributed by atoms with Gasteiger partial charge >= 0.3 is 6.09 Å². The van der Waals surface area contributed by atoms with Crippen molar-refractivity contribution < 1.29 is 9.53 Å². The first-order valence-electron chi connectivity index (χ1n) is 8.69. The molecule has 0 radical (unpaired) electrons. The van der Waals surface area contributed by atoms with E-state index in [1.54, 1.807) is 0 Å². The topological polar surface area (TPSA) is 53.6 Å². The molecule has 1 heterocycles. The highest BCUT2D eigenvalue weighted by Crippen LogP contribution is 2.15. The molecule has 1 rings (SSSR count). The predicted molar refractivity (Wildman–Crippen MR) is 91.2 cm³/mol. The van der Waals surface area contributed by atoms with Crippen molar-refractivity contribution in [2.75, 3.05) is 33.2 Å². The second kappa shape index (κ2) is 9.36. The SMILES string of the molecule is CCCC(CNC(=O)OC(C)(C)C)NCC1CCN(C)CC1. The van der Waals surface area contributed by atoms with Crippen LogP contribution in [0, 0.1) is 5.92 Å². The number of rotatable bonds is 7. The molecule has 1 saturated heterocycles. The van der Waals surface area contributed by atoms with Crippen LogP contribution in [0.2, 0.25) is 0 Å². The summed E-state index contributed by atoms with van der Waals surface area (Å²) in [6.45, 7) is 11.9. The molecule has 1 amide bonds. The van der Waals surface area contributed by atoms with Crippen molar-refractivity contribution in [3.63, 3.8) is 0 Å². The molecule has 5 heteroatoms. The molecule has 1 atom stereocenters. The monoisotopic (exact) mass is 313 g/mol. The highest BCUT2D eigenvalue weighted by atomic mass is 16.6. The third kappa shape index (κ3) is 8.59. The van der Waals surface area contributed by atoms with E-state index in [1.807, 2.05) is 20.8 Å². The van der Waals surface area contributed by atoms with E-state index in [1.165, 1.54) is 25.9 Å². The number of ether oxygens (including phenoxy) is 1. The number of piperidine rings is 1. The number of carbonyl (C=O) groups excluding carboxylic acids is 1. The van der Waals surface area contributed by atoms with Crippen molar-refractivity contribution in [3.8, 4) is 0 Å². The highest BCUT2D eigenvalue weighted by molar-refractivity contribution is 5.67. The molecule has 22 heavy (non-hydrogen) atoms. The summed E-state index contributed by atoms with van der Waals surface area (Å²) in [6, 6.07) is 0.331. The lowest BCUT2D eigenvalue weighted by atomic mass is 9.96. The zero-order valence-corrected chi connectivity index (χ0v) is 15.1. The molecular weight excluding hydrogens is 278 g/mol. The lowest BCUT2D eigenvalue weighted by Crippen LogP contribution is -2.45. The minimum Gasteiger partial charge on any atom is -0.444 e. The molecule has 1 aliphatic rings. The Morgan fingerprint density at radius 3 is 2.50 bits per heavy atom. The Bertz CT molecular complexity index is 320. The Kier molecular flexibility index (Phi) is 8.18. The molecule has 0 aromatic carbocycles. The number of hydrogen-bond donors (Lipinski definition) is 2. The third-order valence-electron chi connectivity index (χ3n) is 4.06. The predicted octanol–water partition coefficient (Wildman–Crippen LogP) is 2.61. The molecule has 0 aliphatic carbocycles. The van der Waals surface area contributed by atoms with Crippen molar-refractivity contribution in [2.24, 2.45) is 5.92 Å². The Hall–Kier alpha value is -0.810. The van der Waals surface area contributed by atoms with Crippen molar-refractivity contribution in [1.29, 1.82) is 0 Å². The van der Waals surface area contributed by atoms with E-state index in [9.17, 15) is 4.79 Å². The van der Waals surface area contributed by atoms with Crippen LogP contribution >= 0.6 is 0 Å². The number of hydrogen-bond acceptors (Lipinski definition) is 4. The number of carbonyl (C=O) groups is 1. The maximum atomic E-state index is 11.7. The molecule has 1 fully saturated rings. The van der Waals surface area contributed by atoms with Gasteiger partial charge in [-0.15, -0.1) is 0 Å². The van der Waals surface area contributed by atoms with Crippen LogP contribution in [-0.4, -0.2) is 55.9 Å². The maximum Gasteiger partial charge on any atom is 0.407 e. The van der Waals surface area contributed by atoms with Gasteiger partial charge in [0.25, 0.3) is 0 Å². The molecule has 2 N–H and O–H groups in total. The zero-order chi connectivity index (χ0) is 16.6. The number of amides is 1. The summed E-state index contributed by atoms with van der Waals surface area (Å²) in [5.41, 5.74) is -0.439. The molecule has 0 aromatic rings. The minimum absolute atomic E-state index is 0.324. The maximum absolute atomic E-state index is 11.7. The van der Waals surface area contributed by atoms with E-state index in [0.29, 0.717) is 12.6 Å². The van der Waals surface area contributed by atoms with Gasteiger partial charge in [0, 0.05) is 12.6 Å². The number of likely N-dealkylation sites (tertiary alicyclic amines) is 1. The first kappa shape index (κ1) is 19.2. The largest absolute Gasteiger partial charge is 0.444 e. The Morgan fingerprint density at radius 2 is 1.95 bits per heavy atom. The molecule has 0 bridgehead atoms. The second-order valence-corrected chi connectivity index (χ2v) is 7.52. The summed E-state index contributed by atoms with van der Waals surface area (Å²) < 4.78 is 5.29. The summed E-state index contributed by atoms with van der Waals surface area (Å²) in [5.74, 6) is 0.761. The lowest BCUT2D eigenvalue weighted by molar-refractivity contribution is 0.0521. The highest BCUT2D eigenvalue weighted by Gasteiger charge is 2.19. The van der Waals surface area contributed by atoms with E-state index in [4.69, 9.17) is 4.74 Å². The van der Waals surface area contributed by atoms with E-state index in [0.717, 1.165) is 25.3 Å². The Balaban J connectivity index is 2.27. The van der Waals surface area contributed by atoms with E-state index < -0.39 is 5.60 Å². The summed E-state index contributed by atoms with van der Waals surface area (Å²) >= 11 is 0. The molecule has 0 aromatic heterocycles. The van der Waals surface area contributed by atoms with Gasteiger partial charge < -0.3 is 20.3 Å². The smallest absolute Gasteiger partial charge is 0.407 e. The summed E-state index contributed by atoms with van der Waals surface area (Å²) in [6.07, 6.45) is 4.39. The van der Waals surface area contributed by atoms with Crippen LogP contribution in [0.15, 0.2) is 0 Å². The van der Waals surface area contributed by atoms with Crippen LogP contribution in [0.5, 0.6) is 0 Å². The van der Waals surface area contributed by atoms with Gasteiger partial charge in [0.1, 0.15) is 5.60 Å². The molecule has 0 spiro atoms. The molecule has 1 aliphatic heterocycles. The van der Waals surface area contributed by atoms with Gasteiger partial charge in [0.2, 0.25) is 0 Å². The van der Waals surface area contributed by atoms with Crippen LogP contribution in [-0.2, 0) is 4.74 Å². The lowest BCUT2D eigenvalue weighted by Gasteiger charge is -2.30. The van der Waals surface area contributed by atoms with Gasteiger partial charge in [0.05, 0.1) is 0 Å². The van der Waals surface area contributed by atoms with Gasteiger partial charge in [0.15, 0.2) is 0 Å². The number of alkyl carbamates (subject to hydrolysis) is 1. The van der Waals surface area contributed by atoms with Crippen molar-refractivity contribution >= 4 is 6.09 Å². The van der Waals surface area contributed by atoms with Gasteiger partial charge in [-0.25, -0.2) is 4.79 Å². The second-order valence-electron chi connectivity index (χ2n) is 7.52. The molecule has 130 valence electrons. The average Bonchev–Trinajstić information content (AvgIpc) is 2.42. The third-order valence-corrected chi connectivity index (χ3v) is 4.06. The standard InChI is InChI=1S/C17H35N3O2/c1-6-7-15(13-19-16(21)22-17(2,3)4)18-12-14-8-10-20(5)11-9-14/h14-15,18H,6-13H2,1-5H3,(H,19,21). The molecule has 1 unspecified atom stereocenters. The van der Waals surface area contributed by atoms with E-state index in [2.05, 4.69) is 29.5 Å². The van der Waals surface area contributed by atoms with Crippen LogP contribution in [0.4, 0.5) is 4.79 Å². The molecular formula is C17H35N3O2. The van der Waals surface area contributed by atoms with Crippen LogP contribution in [0.3, 0.4) is 0 Å².